The van der Waals surface area contributed by atoms with Crippen LogP contribution in [0.3, 0.4) is 0 Å². The Morgan fingerprint density at radius 2 is 1.75 bits per heavy atom. The predicted octanol–water partition coefficient (Wildman–Crippen LogP) is 1.25. The normalized spacial score (nSPS) is 13.7. The number of hydrogen-bond acceptors (Lipinski definition) is 3. The smallest absolute Gasteiger partial charge is 0.305 e. The summed E-state index contributed by atoms with van der Waals surface area (Å²) in [6.07, 6.45) is 0.885. The first kappa shape index (κ1) is 18.4. The molecule has 0 spiro atoms. The van der Waals surface area contributed by atoms with E-state index in [4.69, 9.17) is 5.11 Å². The first-order valence-corrected chi connectivity index (χ1v) is 6.81. The van der Waals surface area contributed by atoms with E-state index in [1.807, 2.05) is 13.8 Å². The van der Waals surface area contributed by atoms with Crippen LogP contribution >= 0.6 is 0 Å². The zero-order valence-corrected chi connectivity index (χ0v) is 13.0. The maximum atomic E-state index is 11.9. The standard InChI is InChI=1S/C14H26N2O4/c1-10(2)14(3,9-13(19)20)15-11(17)7-6-8-12(18)16(4)5/h10H,6-9H2,1-5H3,(H,15,17)(H,19,20). The lowest BCUT2D eigenvalue weighted by Crippen LogP contribution is -2.51. The first-order valence-electron chi connectivity index (χ1n) is 6.81. The molecule has 0 heterocycles. The van der Waals surface area contributed by atoms with E-state index in [0.29, 0.717) is 12.8 Å². The van der Waals surface area contributed by atoms with Gasteiger partial charge in [0.25, 0.3) is 0 Å². The fraction of sp³-hybridized carbons (Fsp3) is 0.786. The van der Waals surface area contributed by atoms with Crippen LogP contribution in [0.2, 0.25) is 0 Å². The van der Waals surface area contributed by atoms with Crippen molar-refractivity contribution in [3.63, 3.8) is 0 Å². The summed E-state index contributed by atoms with van der Waals surface area (Å²) < 4.78 is 0. The Hall–Kier alpha value is -1.59. The molecule has 0 aromatic carbocycles. The summed E-state index contributed by atoms with van der Waals surface area (Å²) in [6, 6.07) is 0. The van der Waals surface area contributed by atoms with E-state index in [2.05, 4.69) is 5.32 Å². The summed E-state index contributed by atoms with van der Waals surface area (Å²) in [6.45, 7) is 5.48. The molecule has 2 amide bonds. The predicted molar refractivity (Wildman–Crippen MR) is 76.2 cm³/mol. The second-order valence-corrected chi connectivity index (χ2v) is 5.83. The maximum Gasteiger partial charge on any atom is 0.305 e. The molecule has 116 valence electrons. The SMILES string of the molecule is CC(C)C(C)(CC(=O)O)NC(=O)CCCC(=O)N(C)C. The van der Waals surface area contributed by atoms with Crippen LogP contribution in [0.15, 0.2) is 0 Å². The molecule has 6 heteroatoms. The van der Waals surface area contributed by atoms with Gasteiger partial charge in [0.05, 0.1) is 6.42 Å². The van der Waals surface area contributed by atoms with E-state index in [0.717, 1.165) is 0 Å². The van der Waals surface area contributed by atoms with Gasteiger partial charge in [0, 0.05) is 32.5 Å². The summed E-state index contributed by atoms with van der Waals surface area (Å²) in [7, 11) is 3.34. The van der Waals surface area contributed by atoms with Crippen LogP contribution in [0.25, 0.3) is 0 Å². The molecule has 6 nitrogen and oxygen atoms in total. The van der Waals surface area contributed by atoms with Crippen LogP contribution in [0, 0.1) is 5.92 Å². The van der Waals surface area contributed by atoms with Crippen molar-refractivity contribution in [2.75, 3.05) is 14.1 Å². The van der Waals surface area contributed by atoms with E-state index in [1.54, 1.807) is 21.0 Å². The highest BCUT2D eigenvalue weighted by Gasteiger charge is 2.32. The van der Waals surface area contributed by atoms with E-state index < -0.39 is 11.5 Å². The van der Waals surface area contributed by atoms with Gasteiger partial charge in [-0.2, -0.15) is 0 Å². The van der Waals surface area contributed by atoms with Crippen LogP contribution in [0.1, 0.15) is 46.5 Å². The van der Waals surface area contributed by atoms with Gasteiger partial charge in [-0.05, 0) is 19.3 Å². The molecule has 1 unspecified atom stereocenters. The topological polar surface area (TPSA) is 86.7 Å². The first-order chi connectivity index (χ1) is 9.08. The molecule has 0 saturated heterocycles. The highest BCUT2D eigenvalue weighted by atomic mass is 16.4. The molecule has 0 radical (unpaired) electrons. The number of nitrogens with one attached hydrogen (secondary N) is 1. The van der Waals surface area contributed by atoms with Gasteiger partial charge in [-0.1, -0.05) is 13.8 Å². The molecular formula is C14H26N2O4. The number of aliphatic carboxylic acids is 1. The van der Waals surface area contributed by atoms with Crippen molar-refractivity contribution in [3.05, 3.63) is 0 Å². The van der Waals surface area contributed by atoms with Crippen LogP contribution in [0.4, 0.5) is 0 Å². The number of rotatable bonds is 8. The van der Waals surface area contributed by atoms with Gasteiger partial charge in [0.15, 0.2) is 0 Å². The molecule has 0 aliphatic rings. The fourth-order valence-corrected chi connectivity index (χ4v) is 1.71. The average molecular weight is 286 g/mol. The minimum absolute atomic E-state index is 0.00552. The Balaban J connectivity index is 4.34. The van der Waals surface area contributed by atoms with Crippen LogP contribution in [0.5, 0.6) is 0 Å². The van der Waals surface area contributed by atoms with E-state index >= 15 is 0 Å². The van der Waals surface area contributed by atoms with Crippen molar-refractivity contribution in [1.82, 2.24) is 10.2 Å². The fourth-order valence-electron chi connectivity index (χ4n) is 1.71. The third kappa shape index (κ3) is 6.54. The monoisotopic (exact) mass is 286 g/mol. The minimum Gasteiger partial charge on any atom is -0.481 e. The number of carbonyl (C=O) groups excluding carboxylic acids is 2. The zero-order chi connectivity index (χ0) is 15.9. The van der Waals surface area contributed by atoms with Crippen molar-refractivity contribution in [2.45, 2.75) is 52.0 Å². The van der Waals surface area contributed by atoms with E-state index in [9.17, 15) is 14.4 Å². The van der Waals surface area contributed by atoms with Crippen molar-refractivity contribution < 1.29 is 19.5 Å². The number of amides is 2. The Bertz CT molecular complexity index is 366. The van der Waals surface area contributed by atoms with Gasteiger partial charge in [0.2, 0.25) is 11.8 Å². The largest absolute Gasteiger partial charge is 0.481 e. The lowest BCUT2D eigenvalue weighted by molar-refractivity contribution is -0.139. The van der Waals surface area contributed by atoms with E-state index in [-0.39, 0.29) is 30.6 Å². The van der Waals surface area contributed by atoms with Crippen molar-refractivity contribution in [3.8, 4) is 0 Å². The number of carbonyl (C=O) groups is 3. The second kappa shape index (κ2) is 7.87. The van der Waals surface area contributed by atoms with Crippen molar-refractivity contribution >= 4 is 17.8 Å². The molecule has 0 aliphatic heterocycles. The zero-order valence-electron chi connectivity index (χ0n) is 13.0. The van der Waals surface area contributed by atoms with E-state index in [1.165, 1.54) is 4.90 Å². The molecule has 2 N–H and O–H groups in total. The van der Waals surface area contributed by atoms with Crippen LogP contribution in [-0.4, -0.2) is 47.4 Å². The van der Waals surface area contributed by atoms with Gasteiger partial charge >= 0.3 is 5.97 Å². The Labute approximate surface area is 120 Å². The summed E-state index contributed by atoms with van der Waals surface area (Å²) in [5, 5.41) is 11.7. The summed E-state index contributed by atoms with van der Waals surface area (Å²) in [4.78, 5) is 35.6. The molecule has 1 atom stereocenters. The lowest BCUT2D eigenvalue weighted by Gasteiger charge is -2.33. The Morgan fingerprint density at radius 1 is 1.20 bits per heavy atom. The molecule has 0 bridgehead atoms. The summed E-state index contributed by atoms with van der Waals surface area (Å²) in [5.74, 6) is -1.17. The van der Waals surface area contributed by atoms with Gasteiger partial charge in [0.1, 0.15) is 0 Å². The second-order valence-electron chi connectivity index (χ2n) is 5.83. The quantitative estimate of drug-likeness (QED) is 0.703. The summed E-state index contributed by atoms with van der Waals surface area (Å²) in [5.41, 5.74) is -0.769. The molecule has 0 fully saturated rings. The Morgan fingerprint density at radius 3 is 2.15 bits per heavy atom. The number of carboxylic acid groups (broad SMARTS) is 1. The molecular weight excluding hydrogens is 260 g/mol. The van der Waals surface area contributed by atoms with Gasteiger partial charge in [-0.25, -0.2) is 0 Å². The van der Waals surface area contributed by atoms with Gasteiger partial charge in [-0.15, -0.1) is 0 Å². The van der Waals surface area contributed by atoms with Crippen molar-refractivity contribution in [1.29, 1.82) is 0 Å². The minimum atomic E-state index is -0.940. The maximum absolute atomic E-state index is 11.9. The molecule has 0 aromatic rings. The van der Waals surface area contributed by atoms with Crippen LogP contribution < -0.4 is 5.32 Å². The highest BCUT2D eigenvalue weighted by molar-refractivity contribution is 5.80. The molecule has 0 aliphatic carbocycles. The Kier molecular flexibility index (Phi) is 7.24. The van der Waals surface area contributed by atoms with Crippen molar-refractivity contribution in [2.24, 2.45) is 5.92 Å². The van der Waals surface area contributed by atoms with Gasteiger partial charge < -0.3 is 15.3 Å². The molecule has 20 heavy (non-hydrogen) atoms. The third-order valence-corrected chi connectivity index (χ3v) is 3.51. The third-order valence-electron chi connectivity index (χ3n) is 3.51. The highest BCUT2D eigenvalue weighted by Crippen LogP contribution is 2.21. The molecule has 0 aromatic heterocycles. The summed E-state index contributed by atoms with van der Waals surface area (Å²) >= 11 is 0. The average Bonchev–Trinajstić information content (AvgIpc) is 2.26. The number of hydrogen-bond donors (Lipinski definition) is 2. The number of nitrogens with zero attached hydrogens (tertiary/aromatic N) is 1. The van der Waals surface area contributed by atoms with Crippen LogP contribution in [-0.2, 0) is 14.4 Å². The van der Waals surface area contributed by atoms with Gasteiger partial charge in [-0.3, -0.25) is 14.4 Å². The number of carboxylic acids is 1. The lowest BCUT2D eigenvalue weighted by atomic mass is 9.85. The molecule has 0 rings (SSSR count). The molecule has 0 saturated carbocycles.